The van der Waals surface area contributed by atoms with Crippen LogP contribution in [0.5, 0.6) is 0 Å². The maximum atomic E-state index is 12.1. The molecule has 0 heterocycles. The summed E-state index contributed by atoms with van der Waals surface area (Å²) < 4.78 is 5.40. The third-order valence-electron chi connectivity index (χ3n) is 3.46. The Labute approximate surface area is 136 Å². The second kappa shape index (κ2) is 8.92. The summed E-state index contributed by atoms with van der Waals surface area (Å²) in [6, 6.07) is 14.7. The van der Waals surface area contributed by atoms with Gasteiger partial charge in [-0.1, -0.05) is 42.5 Å². The maximum Gasteiger partial charge on any atom is 0.319 e. The Morgan fingerprint density at radius 2 is 1.70 bits per heavy atom. The summed E-state index contributed by atoms with van der Waals surface area (Å²) in [4.78, 5) is 12.1. The number of benzene rings is 2. The first kappa shape index (κ1) is 17.0. The van der Waals surface area contributed by atoms with Crippen LogP contribution in [0.3, 0.4) is 0 Å². The summed E-state index contributed by atoms with van der Waals surface area (Å²) in [5.74, 6) is 0. The number of carbonyl (C=O) groups is 1. The monoisotopic (exact) mass is 314 g/mol. The van der Waals surface area contributed by atoms with Gasteiger partial charge in [0.25, 0.3) is 0 Å². The van der Waals surface area contributed by atoms with E-state index in [0.29, 0.717) is 19.8 Å². The number of nitrogens with one attached hydrogen (secondary N) is 2. The van der Waals surface area contributed by atoms with E-state index in [1.165, 1.54) is 0 Å². The first-order chi connectivity index (χ1) is 11.2. The van der Waals surface area contributed by atoms with Crippen LogP contribution in [0, 0.1) is 0 Å². The van der Waals surface area contributed by atoms with Gasteiger partial charge >= 0.3 is 6.03 Å². The molecule has 2 aromatic carbocycles. The topological polar surface area (TPSA) is 70.6 Å². The quantitative estimate of drug-likeness (QED) is 0.735. The van der Waals surface area contributed by atoms with Crippen LogP contribution in [-0.4, -0.2) is 17.7 Å². The highest BCUT2D eigenvalue weighted by atomic mass is 16.5. The molecule has 0 atom stereocenters. The lowest BCUT2D eigenvalue weighted by atomic mass is 10.1. The zero-order valence-electron chi connectivity index (χ0n) is 13.2. The SMILES string of the molecule is CCOCc1ccccc1NC(=O)NCc1ccccc1CO. The molecule has 0 fully saturated rings. The molecule has 0 aliphatic heterocycles. The van der Waals surface area contributed by atoms with Gasteiger partial charge in [-0.3, -0.25) is 0 Å². The van der Waals surface area contributed by atoms with Crippen molar-refractivity contribution in [1.29, 1.82) is 0 Å². The van der Waals surface area contributed by atoms with Crippen molar-refractivity contribution in [1.82, 2.24) is 5.32 Å². The maximum absolute atomic E-state index is 12.1. The summed E-state index contributed by atoms with van der Waals surface area (Å²) >= 11 is 0. The van der Waals surface area contributed by atoms with Crippen molar-refractivity contribution in [2.75, 3.05) is 11.9 Å². The molecular formula is C18H22N2O3. The van der Waals surface area contributed by atoms with E-state index in [9.17, 15) is 9.90 Å². The molecule has 0 bridgehead atoms. The van der Waals surface area contributed by atoms with Gasteiger partial charge in [-0.15, -0.1) is 0 Å². The Hall–Kier alpha value is -2.37. The van der Waals surface area contributed by atoms with E-state index in [1.807, 2.05) is 55.5 Å². The van der Waals surface area contributed by atoms with Crippen molar-refractivity contribution < 1.29 is 14.6 Å². The van der Waals surface area contributed by atoms with E-state index in [0.717, 1.165) is 22.4 Å². The third-order valence-corrected chi connectivity index (χ3v) is 3.46. The zero-order valence-corrected chi connectivity index (χ0v) is 13.2. The van der Waals surface area contributed by atoms with Crippen LogP contribution in [0.4, 0.5) is 10.5 Å². The minimum atomic E-state index is -0.290. The van der Waals surface area contributed by atoms with Gasteiger partial charge in [0.2, 0.25) is 0 Å². The number of aliphatic hydroxyl groups excluding tert-OH is 1. The van der Waals surface area contributed by atoms with Crippen molar-refractivity contribution in [3.8, 4) is 0 Å². The Morgan fingerprint density at radius 1 is 1.04 bits per heavy atom. The molecule has 2 aromatic rings. The van der Waals surface area contributed by atoms with E-state index < -0.39 is 0 Å². The summed E-state index contributed by atoms with van der Waals surface area (Å²) in [5.41, 5.74) is 3.37. The van der Waals surface area contributed by atoms with Crippen LogP contribution in [0.2, 0.25) is 0 Å². The second-order valence-electron chi connectivity index (χ2n) is 5.03. The Morgan fingerprint density at radius 3 is 2.39 bits per heavy atom. The fraction of sp³-hybridized carbons (Fsp3) is 0.278. The second-order valence-corrected chi connectivity index (χ2v) is 5.03. The summed E-state index contributed by atoms with van der Waals surface area (Å²) in [7, 11) is 0. The van der Waals surface area contributed by atoms with E-state index in [2.05, 4.69) is 10.6 Å². The molecule has 2 rings (SSSR count). The smallest absolute Gasteiger partial charge is 0.319 e. The molecule has 0 unspecified atom stereocenters. The third kappa shape index (κ3) is 5.09. The first-order valence-corrected chi connectivity index (χ1v) is 7.62. The number of urea groups is 1. The van der Waals surface area contributed by atoms with Crippen molar-refractivity contribution in [3.05, 3.63) is 65.2 Å². The highest BCUT2D eigenvalue weighted by Crippen LogP contribution is 2.16. The number of hydrogen-bond acceptors (Lipinski definition) is 3. The summed E-state index contributed by atoms with van der Waals surface area (Å²) in [5, 5.41) is 14.9. The van der Waals surface area contributed by atoms with E-state index >= 15 is 0 Å². The lowest BCUT2D eigenvalue weighted by Crippen LogP contribution is -2.29. The van der Waals surface area contributed by atoms with Gasteiger partial charge in [0, 0.05) is 24.4 Å². The summed E-state index contributed by atoms with van der Waals surface area (Å²) in [6.45, 7) is 3.33. The molecular weight excluding hydrogens is 292 g/mol. The van der Waals surface area contributed by atoms with Crippen LogP contribution in [0.15, 0.2) is 48.5 Å². The standard InChI is InChI=1S/C18H22N2O3/c1-2-23-13-16-9-5-6-10-17(16)20-18(22)19-11-14-7-3-4-8-15(14)12-21/h3-10,21H,2,11-13H2,1H3,(H2,19,20,22). The Balaban J connectivity index is 1.95. The van der Waals surface area contributed by atoms with Crippen molar-refractivity contribution in [2.24, 2.45) is 0 Å². The van der Waals surface area contributed by atoms with Crippen LogP contribution in [0.1, 0.15) is 23.6 Å². The predicted octanol–water partition coefficient (Wildman–Crippen LogP) is 3.04. The molecule has 0 aromatic heterocycles. The molecule has 0 spiro atoms. The van der Waals surface area contributed by atoms with Gasteiger partial charge in [0.1, 0.15) is 0 Å². The minimum Gasteiger partial charge on any atom is -0.392 e. The molecule has 5 nitrogen and oxygen atoms in total. The minimum absolute atomic E-state index is 0.0450. The number of para-hydroxylation sites is 1. The van der Waals surface area contributed by atoms with Crippen LogP contribution >= 0.6 is 0 Å². The van der Waals surface area contributed by atoms with Gasteiger partial charge < -0.3 is 20.5 Å². The molecule has 0 radical (unpaired) electrons. The number of carbonyl (C=O) groups excluding carboxylic acids is 1. The van der Waals surface area contributed by atoms with Crippen LogP contribution in [0.25, 0.3) is 0 Å². The van der Waals surface area contributed by atoms with Gasteiger partial charge in [0.05, 0.1) is 13.2 Å². The molecule has 0 aliphatic carbocycles. The number of aliphatic hydroxyl groups is 1. The van der Waals surface area contributed by atoms with E-state index in [4.69, 9.17) is 4.74 Å². The fourth-order valence-corrected chi connectivity index (χ4v) is 2.21. The van der Waals surface area contributed by atoms with Crippen molar-refractivity contribution in [2.45, 2.75) is 26.7 Å². The number of ether oxygens (including phenoxy) is 1. The molecule has 23 heavy (non-hydrogen) atoms. The normalized spacial score (nSPS) is 10.3. The Bertz CT molecular complexity index is 644. The average molecular weight is 314 g/mol. The molecule has 5 heteroatoms. The molecule has 3 N–H and O–H groups in total. The first-order valence-electron chi connectivity index (χ1n) is 7.62. The van der Waals surface area contributed by atoms with E-state index in [1.54, 1.807) is 0 Å². The number of amides is 2. The van der Waals surface area contributed by atoms with Crippen LogP contribution < -0.4 is 10.6 Å². The van der Waals surface area contributed by atoms with E-state index in [-0.39, 0.29) is 12.6 Å². The van der Waals surface area contributed by atoms with Crippen molar-refractivity contribution in [3.63, 3.8) is 0 Å². The number of rotatable bonds is 7. The van der Waals surface area contributed by atoms with Gasteiger partial charge in [-0.2, -0.15) is 0 Å². The summed E-state index contributed by atoms with van der Waals surface area (Å²) in [6.07, 6.45) is 0. The lowest BCUT2D eigenvalue weighted by Gasteiger charge is -2.13. The fourth-order valence-electron chi connectivity index (χ4n) is 2.21. The largest absolute Gasteiger partial charge is 0.392 e. The molecule has 0 saturated carbocycles. The average Bonchev–Trinajstić information content (AvgIpc) is 2.59. The van der Waals surface area contributed by atoms with Gasteiger partial charge in [-0.25, -0.2) is 4.79 Å². The van der Waals surface area contributed by atoms with Gasteiger partial charge in [-0.05, 0) is 24.1 Å². The zero-order chi connectivity index (χ0) is 16.5. The van der Waals surface area contributed by atoms with Crippen LogP contribution in [-0.2, 0) is 24.5 Å². The highest BCUT2D eigenvalue weighted by Gasteiger charge is 2.07. The number of hydrogen-bond donors (Lipinski definition) is 3. The highest BCUT2D eigenvalue weighted by molar-refractivity contribution is 5.90. The lowest BCUT2D eigenvalue weighted by molar-refractivity contribution is 0.134. The molecule has 2 amide bonds. The molecule has 0 saturated heterocycles. The van der Waals surface area contributed by atoms with Crippen molar-refractivity contribution >= 4 is 11.7 Å². The van der Waals surface area contributed by atoms with Gasteiger partial charge in [0.15, 0.2) is 0 Å². The molecule has 0 aliphatic rings. The number of anilines is 1. The Kier molecular flexibility index (Phi) is 6.59. The molecule has 122 valence electrons. The predicted molar refractivity (Wildman–Crippen MR) is 90.0 cm³/mol.